The summed E-state index contributed by atoms with van der Waals surface area (Å²) in [6.45, 7) is 2.31. The summed E-state index contributed by atoms with van der Waals surface area (Å²) in [5.74, 6) is 2.12. The molecule has 9 nitrogen and oxygen atoms in total. The first-order valence-corrected chi connectivity index (χ1v) is 18.8. The fourth-order valence-corrected chi connectivity index (χ4v) is 7.93. The van der Waals surface area contributed by atoms with Crippen molar-refractivity contribution in [2.75, 3.05) is 0 Å². The van der Waals surface area contributed by atoms with Crippen LogP contribution in [0.2, 0.25) is 0 Å². The maximum atomic E-state index is 6.82. The molecule has 1 aliphatic rings. The Balaban J connectivity index is 1.12. The summed E-state index contributed by atoms with van der Waals surface area (Å²) in [7, 11) is 0. The molecule has 268 valence electrons. The topological polar surface area (TPSA) is 74.8 Å². The quantitative estimate of drug-likeness (QED) is 0.146. The number of hydrogen-bond acceptors (Lipinski definition) is 5. The maximum Gasteiger partial charge on any atom is 0.245 e. The highest BCUT2D eigenvalue weighted by molar-refractivity contribution is 5.81. The second-order valence-electron chi connectivity index (χ2n) is 14.3. The van der Waals surface area contributed by atoms with Gasteiger partial charge in [0.2, 0.25) is 24.4 Å². The average Bonchev–Trinajstić information content (AvgIpc) is 3.75. The molecular weight excluding hydrogens is 695 g/mol. The van der Waals surface area contributed by atoms with Gasteiger partial charge in [0.1, 0.15) is 26.2 Å². The van der Waals surface area contributed by atoms with Gasteiger partial charge in [-0.3, -0.25) is 0 Å². The van der Waals surface area contributed by atoms with Gasteiger partial charge in [-0.05, 0) is 72.8 Å². The molecule has 0 amide bonds. The van der Waals surface area contributed by atoms with Crippen LogP contribution in [0, 0.1) is 0 Å². The minimum atomic E-state index is 0.513. The van der Waals surface area contributed by atoms with E-state index in [0.717, 1.165) is 66.4 Å². The van der Waals surface area contributed by atoms with Gasteiger partial charge in [-0.2, -0.15) is 0 Å². The van der Waals surface area contributed by atoms with Gasteiger partial charge in [-0.25, -0.2) is 33.2 Å². The van der Waals surface area contributed by atoms with Gasteiger partial charge in [0.05, 0.1) is 33.5 Å². The number of imidazole rings is 2. The van der Waals surface area contributed by atoms with E-state index in [-0.39, 0.29) is 0 Å². The molecule has 56 heavy (non-hydrogen) atoms. The Labute approximate surface area is 321 Å². The second kappa shape index (κ2) is 13.2. The number of hydrogen-bond donors (Lipinski definition) is 0. The van der Waals surface area contributed by atoms with Crippen molar-refractivity contribution >= 4 is 43.9 Å². The highest BCUT2D eigenvalue weighted by Crippen LogP contribution is 2.37. The van der Waals surface area contributed by atoms with Crippen molar-refractivity contribution in [3.05, 3.63) is 187 Å². The lowest BCUT2D eigenvalue weighted by Gasteiger charge is -2.16. The van der Waals surface area contributed by atoms with E-state index in [1.54, 1.807) is 0 Å². The van der Waals surface area contributed by atoms with Crippen molar-refractivity contribution in [2.45, 2.75) is 26.2 Å². The number of para-hydroxylation sites is 8. The zero-order valence-electron chi connectivity index (χ0n) is 30.4. The summed E-state index contributed by atoms with van der Waals surface area (Å²) in [5.41, 5.74) is 10.00. The van der Waals surface area contributed by atoms with Crippen LogP contribution >= 0.6 is 0 Å². The Morgan fingerprint density at radius 2 is 0.893 bits per heavy atom. The Kier molecular flexibility index (Phi) is 7.55. The number of rotatable bonds is 0. The van der Waals surface area contributed by atoms with Gasteiger partial charge in [0, 0.05) is 10.8 Å². The van der Waals surface area contributed by atoms with Crippen LogP contribution in [0.15, 0.2) is 164 Å². The monoisotopic (exact) mass is 729 g/mol. The van der Waals surface area contributed by atoms with Crippen LogP contribution in [-0.2, 0) is 26.2 Å². The molecule has 6 heterocycles. The molecule has 0 fully saturated rings. The van der Waals surface area contributed by atoms with E-state index in [0.29, 0.717) is 49.4 Å². The number of benzene rings is 5. The second-order valence-corrected chi connectivity index (χ2v) is 14.3. The highest BCUT2D eigenvalue weighted by atomic mass is 16.5. The van der Waals surface area contributed by atoms with Gasteiger partial charge >= 0.3 is 0 Å². The van der Waals surface area contributed by atoms with E-state index < -0.39 is 0 Å². The third-order valence-corrected chi connectivity index (χ3v) is 10.6. The van der Waals surface area contributed by atoms with Crippen molar-refractivity contribution in [1.29, 1.82) is 0 Å². The van der Waals surface area contributed by atoms with Crippen LogP contribution in [0.3, 0.4) is 0 Å². The minimum Gasteiger partial charge on any atom is -0.435 e. The number of fused-ring (bicyclic) bond motifs is 17. The lowest BCUT2D eigenvalue weighted by atomic mass is 10.1. The summed E-state index contributed by atoms with van der Waals surface area (Å²) in [6, 6.07) is 51.7. The molecule has 0 saturated carbocycles. The zero-order chi connectivity index (χ0) is 37.0. The lowest BCUT2D eigenvalue weighted by Crippen LogP contribution is -2.33. The molecule has 0 aliphatic carbocycles. The normalized spacial score (nSPS) is 13.0. The number of nitrogens with zero attached hydrogens (tertiary/aromatic N) is 7. The Hall–Kier alpha value is -7.39. The molecule has 5 aromatic carbocycles. The van der Waals surface area contributed by atoms with Gasteiger partial charge in [-0.1, -0.05) is 78.9 Å². The van der Waals surface area contributed by atoms with Crippen LogP contribution in [0.4, 0.5) is 0 Å². The predicted octanol–water partition coefficient (Wildman–Crippen LogP) is 8.75. The van der Waals surface area contributed by atoms with Gasteiger partial charge < -0.3 is 9.47 Å². The van der Waals surface area contributed by atoms with Crippen molar-refractivity contribution in [3.63, 3.8) is 0 Å². The van der Waals surface area contributed by atoms with E-state index in [4.69, 9.17) is 24.4 Å². The predicted molar refractivity (Wildman–Crippen MR) is 215 cm³/mol. The van der Waals surface area contributed by atoms with Crippen molar-refractivity contribution < 1.29 is 18.6 Å². The zero-order valence-corrected chi connectivity index (χ0v) is 30.4. The van der Waals surface area contributed by atoms with Crippen LogP contribution in [-0.4, -0.2) is 24.1 Å². The number of pyridine rings is 3. The van der Waals surface area contributed by atoms with E-state index in [2.05, 4.69) is 122 Å². The molecule has 0 N–H and O–H groups in total. The molecular formula is C47H35N7O2+2. The van der Waals surface area contributed by atoms with Crippen molar-refractivity contribution in [3.8, 4) is 23.3 Å². The molecule has 11 rings (SSSR count). The Morgan fingerprint density at radius 3 is 1.41 bits per heavy atom. The van der Waals surface area contributed by atoms with E-state index in [9.17, 15) is 0 Å². The number of aromatic nitrogens is 7. The maximum absolute atomic E-state index is 6.82. The molecule has 10 aromatic rings. The van der Waals surface area contributed by atoms with Gasteiger partial charge in [0.25, 0.3) is 0 Å². The van der Waals surface area contributed by atoms with E-state index in [1.165, 1.54) is 0 Å². The standard InChI is InChI=1S/C47H35N7O2/c1-3-16-38-32(12-1)24-34-26-51-30-53(42-20-7-5-18-40(42)51)28-36-14-11-15-37(48-36)29-54-31-52(41-19-6-8-21-43(41)54)27-35-25-33-13-2-4-17-39(33)50-47(35)56-45-23-10-9-22-44(45)55-46(34)49-38/h1-25,30-31H,26-29H2/q+2. The van der Waals surface area contributed by atoms with Crippen LogP contribution in [0.5, 0.6) is 23.3 Å². The Bertz CT molecular complexity index is 2920. The van der Waals surface area contributed by atoms with Crippen LogP contribution in [0.1, 0.15) is 22.5 Å². The lowest BCUT2D eigenvalue weighted by molar-refractivity contribution is -0.663. The largest absolute Gasteiger partial charge is 0.435 e. The van der Waals surface area contributed by atoms with Crippen molar-refractivity contribution in [1.82, 2.24) is 24.1 Å². The smallest absolute Gasteiger partial charge is 0.245 e. The van der Waals surface area contributed by atoms with Gasteiger partial charge in [-0.15, -0.1) is 0 Å². The van der Waals surface area contributed by atoms with E-state index in [1.807, 2.05) is 60.7 Å². The molecule has 0 radical (unpaired) electrons. The average molecular weight is 730 g/mol. The molecule has 0 atom stereocenters. The minimum absolute atomic E-state index is 0.513. The molecule has 0 spiro atoms. The third kappa shape index (κ3) is 5.77. The summed E-state index contributed by atoms with van der Waals surface area (Å²) < 4.78 is 22.7. The Morgan fingerprint density at radius 1 is 0.446 bits per heavy atom. The SMILES string of the molecule is c1cc2nc(c1)Cn1c[n+](c3ccccc31)Cc1cc3ccccc3nc1Oc1ccccc1Oc1nc3ccccc3cc1C[n+]1cn(c3ccccc31)C2. The highest BCUT2D eigenvalue weighted by Gasteiger charge is 2.23. The molecule has 0 saturated heterocycles. The van der Waals surface area contributed by atoms with Gasteiger partial charge in [0.15, 0.2) is 33.6 Å². The molecule has 5 aromatic heterocycles. The first-order valence-electron chi connectivity index (χ1n) is 18.8. The molecule has 9 heteroatoms. The first kappa shape index (κ1) is 32.1. The molecule has 6 bridgehead atoms. The fourth-order valence-electron chi connectivity index (χ4n) is 7.93. The van der Waals surface area contributed by atoms with Crippen LogP contribution < -0.4 is 18.6 Å². The number of ether oxygens (including phenoxy) is 2. The fraction of sp³-hybridized carbons (Fsp3) is 0.0851. The summed E-state index contributed by atoms with van der Waals surface area (Å²) in [4.78, 5) is 15.4. The van der Waals surface area contributed by atoms with E-state index >= 15 is 0 Å². The molecule has 0 unspecified atom stereocenters. The molecule has 1 aliphatic heterocycles. The first-order chi connectivity index (χ1) is 27.7. The summed E-state index contributed by atoms with van der Waals surface area (Å²) in [6.07, 6.45) is 4.35. The summed E-state index contributed by atoms with van der Waals surface area (Å²) in [5, 5.41) is 2.08. The van der Waals surface area contributed by atoms with Crippen LogP contribution in [0.25, 0.3) is 43.9 Å². The summed E-state index contributed by atoms with van der Waals surface area (Å²) >= 11 is 0. The van der Waals surface area contributed by atoms with Crippen molar-refractivity contribution in [2.24, 2.45) is 0 Å². The third-order valence-electron chi connectivity index (χ3n) is 10.6.